The van der Waals surface area contributed by atoms with Crippen LogP contribution < -0.4 is 0 Å². The van der Waals surface area contributed by atoms with Crippen LogP contribution >= 0.6 is 12.9 Å². The minimum Gasteiger partial charge on any atom is -0.388 e. The monoisotopic (exact) mass is 198 g/mol. The molecule has 0 aliphatic heterocycles. The average Bonchev–Trinajstić information content (AvgIpc) is 2.18. The molecule has 0 spiro atoms. The predicted molar refractivity (Wildman–Crippen MR) is 55.5 cm³/mol. The summed E-state index contributed by atoms with van der Waals surface area (Å²) in [4.78, 5) is 0. The number of thiol groups is 1. The van der Waals surface area contributed by atoms with E-state index in [1.165, 1.54) is 0 Å². The number of hydrogen-bond acceptors (Lipinski definition) is 3. The first-order valence-corrected chi connectivity index (χ1v) is 4.61. The van der Waals surface area contributed by atoms with Crippen LogP contribution in [0.3, 0.4) is 0 Å². The first-order valence-electron chi connectivity index (χ1n) is 4.25. The van der Waals surface area contributed by atoms with Gasteiger partial charge in [0.1, 0.15) is 0 Å². The quantitative estimate of drug-likeness (QED) is 0.574. The zero-order valence-corrected chi connectivity index (χ0v) is 8.45. The number of aliphatic hydroxyl groups excluding tert-OH is 1. The highest BCUT2D eigenvalue weighted by Crippen LogP contribution is 2.21. The molecule has 0 amide bonds. The van der Waals surface area contributed by atoms with Crippen LogP contribution in [0.4, 0.5) is 0 Å². The second-order valence-electron chi connectivity index (χ2n) is 3.13. The Hall–Kier alpha value is -0.510. The Labute approximate surface area is 84.2 Å². The van der Waals surface area contributed by atoms with Crippen molar-refractivity contribution in [2.45, 2.75) is 13.0 Å². The fraction of sp³-hybridized carbons (Fsp3) is 0.400. The van der Waals surface area contributed by atoms with Gasteiger partial charge in [-0.25, -0.2) is 0 Å². The number of rotatable bonds is 4. The molecule has 0 bridgehead atoms. The SMILES string of the molecule is C[C@H](COS)[C@H](O)c1ccccc1. The van der Waals surface area contributed by atoms with Crippen LogP contribution in [0, 0.1) is 5.92 Å². The van der Waals surface area contributed by atoms with E-state index in [2.05, 4.69) is 17.1 Å². The van der Waals surface area contributed by atoms with Gasteiger partial charge in [0.05, 0.1) is 12.7 Å². The molecule has 13 heavy (non-hydrogen) atoms. The highest BCUT2D eigenvalue weighted by molar-refractivity contribution is 7.75. The van der Waals surface area contributed by atoms with Gasteiger partial charge in [-0.05, 0) is 18.5 Å². The molecular formula is C10H14O2S. The van der Waals surface area contributed by atoms with Crippen LogP contribution in [0.15, 0.2) is 30.3 Å². The second kappa shape index (κ2) is 5.27. The first kappa shape index (κ1) is 10.6. The largest absolute Gasteiger partial charge is 0.388 e. The zero-order chi connectivity index (χ0) is 9.68. The van der Waals surface area contributed by atoms with Gasteiger partial charge in [-0.3, -0.25) is 0 Å². The minimum absolute atomic E-state index is 0.0555. The molecule has 2 atom stereocenters. The summed E-state index contributed by atoms with van der Waals surface area (Å²) in [6.45, 7) is 2.37. The average molecular weight is 198 g/mol. The highest BCUT2D eigenvalue weighted by atomic mass is 32.1. The summed E-state index contributed by atoms with van der Waals surface area (Å²) in [5, 5.41) is 9.81. The third-order valence-electron chi connectivity index (χ3n) is 2.02. The highest BCUT2D eigenvalue weighted by Gasteiger charge is 2.15. The molecule has 72 valence electrons. The smallest absolute Gasteiger partial charge is 0.0838 e. The summed E-state index contributed by atoms with van der Waals surface area (Å²) in [5.41, 5.74) is 0.917. The Morgan fingerprint density at radius 3 is 2.54 bits per heavy atom. The van der Waals surface area contributed by atoms with Gasteiger partial charge in [0.2, 0.25) is 0 Å². The molecule has 0 heterocycles. The molecule has 1 aromatic rings. The van der Waals surface area contributed by atoms with E-state index in [0.717, 1.165) is 5.56 Å². The summed E-state index contributed by atoms with van der Waals surface area (Å²) < 4.78 is 4.68. The van der Waals surface area contributed by atoms with Crippen molar-refractivity contribution in [3.8, 4) is 0 Å². The van der Waals surface area contributed by atoms with Crippen molar-refractivity contribution < 1.29 is 9.29 Å². The summed E-state index contributed by atoms with van der Waals surface area (Å²) in [7, 11) is 0. The van der Waals surface area contributed by atoms with Crippen LogP contribution in [0.1, 0.15) is 18.6 Å². The zero-order valence-electron chi connectivity index (χ0n) is 7.55. The van der Waals surface area contributed by atoms with E-state index in [1.54, 1.807) is 0 Å². The Kier molecular flexibility index (Phi) is 4.28. The maximum atomic E-state index is 9.81. The Balaban J connectivity index is 2.62. The Morgan fingerprint density at radius 2 is 2.00 bits per heavy atom. The Bertz CT molecular complexity index is 238. The molecule has 0 radical (unpaired) electrons. The van der Waals surface area contributed by atoms with E-state index in [0.29, 0.717) is 6.61 Å². The van der Waals surface area contributed by atoms with Crippen molar-refractivity contribution in [1.82, 2.24) is 0 Å². The van der Waals surface area contributed by atoms with Gasteiger partial charge < -0.3 is 9.29 Å². The maximum absolute atomic E-state index is 9.81. The minimum atomic E-state index is -0.478. The molecule has 0 aliphatic rings. The van der Waals surface area contributed by atoms with E-state index in [4.69, 9.17) is 0 Å². The van der Waals surface area contributed by atoms with E-state index in [9.17, 15) is 5.11 Å². The lowest BCUT2D eigenvalue weighted by Gasteiger charge is -2.17. The van der Waals surface area contributed by atoms with E-state index < -0.39 is 6.10 Å². The molecule has 0 unspecified atom stereocenters. The van der Waals surface area contributed by atoms with Crippen LogP contribution in [0.25, 0.3) is 0 Å². The fourth-order valence-electron chi connectivity index (χ4n) is 1.19. The van der Waals surface area contributed by atoms with Crippen LogP contribution in [0.5, 0.6) is 0 Å². The van der Waals surface area contributed by atoms with Gasteiger partial charge in [-0.1, -0.05) is 37.3 Å². The second-order valence-corrected chi connectivity index (χ2v) is 3.39. The molecule has 1 N–H and O–H groups in total. The molecule has 0 saturated carbocycles. The molecule has 0 aromatic heterocycles. The third kappa shape index (κ3) is 3.03. The number of benzene rings is 1. The van der Waals surface area contributed by atoms with Gasteiger partial charge in [-0.15, -0.1) is 0 Å². The summed E-state index contributed by atoms with van der Waals surface area (Å²) in [5.74, 6) is 0.0555. The summed E-state index contributed by atoms with van der Waals surface area (Å²) >= 11 is 3.66. The van der Waals surface area contributed by atoms with Crippen LogP contribution in [-0.2, 0) is 4.18 Å². The van der Waals surface area contributed by atoms with E-state index in [1.807, 2.05) is 37.3 Å². The normalized spacial score (nSPS) is 15.3. The molecule has 3 heteroatoms. The van der Waals surface area contributed by atoms with Crippen molar-refractivity contribution in [3.63, 3.8) is 0 Å². The predicted octanol–water partition coefficient (Wildman–Crippen LogP) is 2.22. The molecule has 0 fully saturated rings. The lowest BCUT2D eigenvalue weighted by atomic mass is 9.98. The van der Waals surface area contributed by atoms with Gasteiger partial charge >= 0.3 is 0 Å². The molecule has 1 aromatic carbocycles. The summed E-state index contributed by atoms with van der Waals surface area (Å²) in [6.07, 6.45) is -0.478. The third-order valence-corrected chi connectivity index (χ3v) is 2.17. The molecular weight excluding hydrogens is 184 g/mol. The maximum Gasteiger partial charge on any atom is 0.0838 e. The number of aliphatic hydroxyl groups is 1. The van der Waals surface area contributed by atoms with Crippen molar-refractivity contribution in [3.05, 3.63) is 35.9 Å². The molecule has 2 nitrogen and oxygen atoms in total. The van der Waals surface area contributed by atoms with E-state index in [-0.39, 0.29) is 5.92 Å². The van der Waals surface area contributed by atoms with Gasteiger partial charge in [-0.2, -0.15) is 0 Å². The molecule has 1 rings (SSSR count). The summed E-state index contributed by atoms with van der Waals surface area (Å²) in [6, 6.07) is 9.55. The lowest BCUT2D eigenvalue weighted by Crippen LogP contribution is -2.13. The molecule has 0 saturated heterocycles. The van der Waals surface area contributed by atoms with Crippen molar-refractivity contribution in [2.24, 2.45) is 5.92 Å². The number of hydrogen-bond donors (Lipinski definition) is 2. The Morgan fingerprint density at radius 1 is 1.38 bits per heavy atom. The van der Waals surface area contributed by atoms with Gasteiger partial charge in [0.15, 0.2) is 0 Å². The van der Waals surface area contributed by atoms with E-state index >= 15 is 0 Å². The van der Waals surface area contributed by atoms with Gasteiger partial charge in [0.25, 0.3) is 0 Å². The molecule has 0 aliphatic carbocycles. The fourth-order valence-corrected chi connectivity index (χ4v) is 1.42. The lowest BCUT2D eigenvalue weighted by molar-refractivity contribution is 0.0913. The van der Waals surface area contributed by atoms with Gasteiger partial charge in [0, 0.05) is 5.92 Å². The first-order chi connectivity index (χ1) is 6.25. The topological polar surface area (TPSA) is 29.5 Å². The van der Waals surface area contributed by atoms with Crippen LogP contribution in [0.2, 0.25) is 0 Å². The van der Waals surface area contributed by atoms with Crippen molar-refractivity contribution in [2.75, 3.05) is 6.61 Å². The standard InChI is InChI=1S/C10H14O2S/c1-8(7-12-13)10(11)9-5-3-2-4-6-9/h2-6,8,10-11,13H,7H2,1H3/t8-,10+/m1/s1. The van der Waals surface area contributed by atoms with Crippen molar-refractivity contribution in [1.29, 1.82) is 0 Å². The van der Waals surface area contributed by atoms with Crippen molar-refractivity contribution >= 4 is 12.9 Å². The van der Waals surface area contributed by atoms with Crippen LogP contribution in [-0.4, -0.2) is 11.7 Å².